The third-order valence-corrected chi connectivity index (χ3v) is 3.42. The first kappa shape index (κ1) is 13.2. The van der Waals surface area contributed by atoms with E-state index in [1.54, 1.807) is 0 Å². The number of nitrogens with one attached hydrogen (secondary N) is 1. The number of hydrogen-bond acceptors (Lipinski definition) is 2. The van der Waals surface area contributed by atoms with Gasteiger partial charge in [-0.25, -0.2) is 0 Å². The van der Waals surface area contributed by atoms with E-state index in [1.807, 2.05) is 0 Å². The molecule has 0 saturated heterocycles. The molecule has 0 fully saturated rings. The molecule has 2 aromatic rings. The lowest BCUT2D eigenvalue weighted by Gasteiger charge is -2.12. The summed E-state index contributed by atoms with van der Waals surface area (Å²) in [6, 6.07) is 8.91. The van der Waals surface area contributed by atoms with Gasteiger partial charge in [-0.1, -0.05) is 45.9 Å². The van der Waals surface area contributed by atoms with Crippen molar-refractivity contribution in [3.8, 4) is 0 Å². The van der Waals surface area contributed by atoms with Gasteiger partial charge in [0.05, 0.1) is 6.04 Å². The molecular formula is C16H23NO. The lowest BCUT2D eigenvalue weighted by molar-refractivity contribution is 0.427. The average molecular weight is 245 g/mol. The van der Waals surface area contributed by atoms with Crippen LogP contribution in [-0.4, -0.2) is 6.54 Å². The molecule has 2 heteroatoms. The second-order valence-corrected chi connectivity index (χ2v) is 5.09. The number of rotatable bonds is 5. The zero-order chi connectivity index (χ0) is 13.1. The molecule has 1 heterocycles. The molecule has 0 spiro atoms. The molecule has 98 valence electrons. The topological polar surface area (TPSA) is 25.2 Å². The molecule has 1 unspecified atom stereocenters. The normalized spacial score (nSPS) is 13.4. The summed E-state index contributed by atoms with van der Waals surface area (Å²) in [5.74, 6) is 1.55. The molecule has 0 aliphatic carbocycles. The number of para-hydroxylation sites is 1. The molecule has 0 saturated carbocycles. The number of fused-ring (bicyclic) bond motifs is 1. The van der Waals surface area contributed by atoms with Crippen LogP contribution in [0.4, 0.5) is 0 Å². The first-order valence-electron chi connectivity index (χ1n) is 6.93. The van der Waals surface area contributed by atoms with Crippen LogP contribution < -0.4 is 5.32 Å². The molecule has 0 aliphatic heterocycles. The van der Waals surface area contributed by atoms with E-state index in [4.69, 9.17) is 4.42 Å². The fourth-order valence-electron chi connectivity index (χ4n) is 2.42. The van der Waals surface area contributed by atoms with Crippen LogP contribution in [0.15, 0.2) is 28.7 Å². The quantitative estimate of drug-likeness (QED) is 0.831. The molecule has 1 aromatic carbocycles. The zero-order valence-corrected chi connectivity index (χ0v) is 11.8. The summed E-state index contributed by atoms with van der Waals surface area (Å²) in [5, 5.41) is 4.68. The van der Waals surface area contributed by atoms with Gasteiger partial charge in [-0.3, -0.25) is 0 Å². The first-order valence-corrected chi connectivity index (χ1v) is 6.93. The Hall–Kier alpha value is -1.28. The third kappa shape index (κ3) is 2.44. The van der Waals surface area contributed by atoms with E-state index in [1.165, 1.54) is 10.9 Å². The van der Waals surface area contributed by atoms with Crippen LogP contribution in [-0.2, 0) is 0 Å². The SMILES string of the molecule is CCNC(CC)c1cc2cccc(C(C)C)c2o1. The van der Waals surface area contributed by atoms with Gasteiger partial charge in [-0.05, 0) is 30.5 Å². The maximum atomic E-state index is 6.10. The second-order valence-electron chi connectivity index (χ2n) is 5.09. The fourth-order valence-corrected chi connectivity index (χ4v) is 2.42. The number of hydrogen-bond donors (Lipinski definition) is 1. The molecule has 2 rings (SSSR count). The summed E-state index contributed by atoms with van der Waals surface area (Å²) >= 11 is 0. The van der Waals surface area contributed by atoms with Gasteiger partial charge in [-0.2, -0.15) is 0 Å². The van der Waals surface area contributed by atoms with Crippen molar-refractivity contribution >= 4 is 11.0 Å². The molecule has 0 radical (unpaired) electrons. The summed E-state index contributed by atoms with van der Waals surface area (Å²) < 4.78 is 6.10. The molecule has 0 amide bonds. The van der Waals surface area contributed by atoms with E-state index in [9.17, 15) is 0 Å². The largest absolute Gasteiger partial charge is 0.459 e. The van der Waals surface area contributed by atoms with Crippen molar-refractivity contribution in [2.24, 2.45) is 0 Å². The van der Waals surface area contributed by atoms with Gasteiger partial charge >= 0.3 is 0 Å². The lowest BCUT2D eigenvalue weighted by Crippen LogP contribution is -2.19. The van der Waals surface area contributed by atoms with Crippen LogP contribution in [0.1, 0.15) is 57.4 Å². The predicted octanol–water partition coefficient (Wildman–Crippen LogP) is 4.62. The molecular weight excluding hydrogens is 222 g/mol. The number of benzene rings is 1. The zero-order valence-electron chi connectivity index (χ0n) is 11.8. The van der Waals surface area contributed by atoms with Crippen molar-refractivity contribution in [2.75, 3.05) is 6.54 Å². The molecule has 2 nitrogen and oxygen atoms in total. The predicted molar refractivity (Wildman–Crippen MR) is 77.0 cm³/mol. The van der Waals surface area contributed by atoms with Crippen LogP contribution in [0.5, 0.6) is 0 Å². The monoisotopic (exact) mass is 245 g/mol. The second kappa shape index (κ2) is 5.57. The number of furan rings is 1. The van der Waals surface area contributed by atoms with Gasteiger partial charge in [0.25, 0.3) is 0 Å². The molecule has 0 bridgehead atoms. The highest BCUT2D eigenvalue weighted by molar-refractivity contribution is 5.81. The van der Waals surface area contributed by atoms with Crippen molar-refractivity contribution in [3.63, 3.8) is 0 Å². The lowest BCUT2D eigenvalue weighted by atomic mass is 10.0. The highest BCUT2D eigenvalue weighted by Crippen LogP contribution is 2.31. The van der Waals surface area contributed by atoms with E-state index < -0.39 is 0 Å². The average Bonchev–Trinajstić information content (AvgIpc) is 2.78. The fraction of sp³-hybridized carbons (Fsp3) is 0.500. The molecule has 0 aliphatic rings. The first-order chi connectivity index (χ1) is 8.67. The van der Waals surface area contributed by atoms with Crippen LogP contribution in [0.2, 0.25) is 0 Å². The van der Waals surface area contributed by atoms with Crippen molar-refractivity contribution in [3.05, 3.63) is 35.6 Å². The van der Waals surface area contributed by atoms with E-state index in [-0.39, 0.29) is 0 Å². The van der Waals surface area contributed by atoms with Crippen LogP contribution in [0, 0.1) is 0 Å². The summed E-state index contributed by atoms with van der Waals surface area (Å²) in [7, 11) is 0. The van der Waals surface area contributed by atoms with Crippen molar-refractivity contribution in [1.29, 1.82) is 0 Å². The Balaban J connectivity index is 2.46. The van der Waals surface area contributed by atoms with Crippen LogP contribution >= 0.6 is 0 Å². The maximum Gasteiger partial charge on any atom is 0.137 e. The van der Waals surface area contributed by atoms with Gasteiger partial charge < -0.3 is 9.73 Å². The minimum absolute atomic E-state index is 0.322. The minimum atomic E-state index is 0.322. The van der Waals surface area contributed by atoms with Gasteiger partial charge in [-0.15, -0.1) is 0 Å². The Bertz CT molecular complexity index is 513. The summed E-state index contributed by atoms with van der Waals surface area (Å²) in [4.78, 5) is 0. The van der Waals surface area contributed by atoms with Crippen molar-refractivity contribution in [2.45, 2.75) is 46.1 Å². The smallest absolute Gasteiger partial charge is 0.137 e. The molecule has 18 heavy (non-hydrogen) atoms. The van der Waals surface area contributed by atoms with Crippen LogP contribution in [0.3, 0.4) is 0 Å². The van der Waals surface area contributed by atoms with Crippen molar-refractivity contribution in [1.82, 2.24) is 5.32 Å². The highest BCUT2D eigenvalue weighted by atomic mass is 16.3. The Morgan fingerprint density at radius 2 is 2.00 bits per heavy atom. The Morgan fingerprint density at radius 1 is 1.22 bits per heavy atom. The molecule has 1 aromatic heterocycles. The molecule has 1 atom stereocenters. The van der Waals surface area contributed by atoms with Gasteiger partial charge in [0.15, 0.2) is 0 Å². The summed E-state index contributed by atoms with van der Waals surface area (Å²) in [6.45, 7) is 9.69. The molecule has 1 N–H and O–H groups in total. The van der Waals surface area contributed by atoms with Crippen molar-refractivity contribution < 1.29 is 4.42 Å². The Labute approximate surface area is 109 Å². The van der Waals surface area contributed by atoms with Gasteiger partial charge in [0.2, 0.25) is 0 Å². The van der Waals surface area contributed by atoms with E-state index in [0.29, 0.717) is 12.0 Å². The summed E-state index contributed by atoms with van der Waals surface area (Å²) in [5.41, 5.74) is 2.35. The Morgan fingerprint density at radius 3 is 2.61 bits per heavy atom. The standard InChI is InChI=1S/C16H23NO/c1-5-14(17-6-2)15-10-12-8-7-9-13(11(3)4)16(12)18-15/h7-11,14,17H,5-6H2,1-4H3. The highest BCUT2D eigenvalue weighted by Gasteiger charge is 2.15. The van der Waals surface area contributed by atoms with E-state index in [2.05, 4.69) is 57.3 Å². The van der Waals surface area contributed by atoms with Crippen LogP contribution in [0.25, 0.3) is 11.0 Å². The van der Waals surface area contributed by atoms with E-state index in [0.717, 1.165) is 24.3 Å². The Kier molecular flexibility index (Phi) is 4.07. The minimum Gasteiger partial charge on any atom is -0.459 e. The van der Waals surface area contributed by atoms with Gasteiger partial charge in [0.1, 0.15) is 11.3 Å². The maximum absolute atomic E-state index is 6.10. The summed E-state index contributed by atoms with van der Waals surface area (Å²) in [6.07, 6.45) is 1.05. The van der Waals surface area contributed by atoms with E-state index >= 15 is 0 Å². The third-order valence-electron chi connectivity index (χ3n) is 3.42. The van der Waals surface area contributed by atoms with Gasteiger partial charge in [0, 0.05) is 5.39 Å².